The summed E-state index contributed by atoms with van der Waals surface area (Å²) in [6, 6.07) is 5.89. The van der Waals surface area contributed by atoms with Gasteiger partial charge >= 0.3 is 12.3 Å². The summed E-state index contributed by atoms with van der Waals surface area (Å²) in [5.74, 6) is 0. The summed E-state index contributed by atoms with van der Waals surface area (Å²) in [5.41, 5.74) is 2.14. The molecule has 6 nitrogen and oxygen atoms in total. The van der Waals surface area contributed by atoms with E-state index in [0.717, 1.165) is 44.1 Å². The second-order valence-corrected chi connectivity index (χ2v) is 8.85. The minimum Gasteiger partial charge on any atom is -0.437 e. The van der Waals surface area contributed by atoms with Crippen molar-refractivity contribution >= 4 is 23.4 Å². The van der Waals surface area contributed by atoms with E-state index in [9.17, 15) is 18.0 Å². The van der Waals surface area contributed by atoms with E-state index in [1.165, 1.54) is 4.90 Å². The van der Waals surface area contributed by atoms with E-state index in [2.05, 4.69) is 20.6 Å². The third kappa shape index (κ3) is 5.21. The van der Waals surface area contributed by atoms with Crippen molar-refractivity contribution in [2.45, 2.75) is 50.8 Å². The van der Waals surface area contributed by atoms with Gasteiger partial charge < -0.3 is 19.3 Å². The van der Waals surface area contributed by atoms with Crippen molar-refractivity contribution in [1.82, 2.24) is 9.80 Å². The lowest BCUT2D eigenvalue weighted by molar-refractivity contribution is -0.200. The first-order valence-electron chi connectivity index (χ1n) is 10.6. The number of rotatable bonds is 4. The summed E-state index contributed by atoms with van der Waals surface area (Å²) in [4.78, 5) is 17.9. The first-order chi connectivity index (χ1) is 14.7. The van der Waals surface area contributed by atoms with Gasteiger partial charge in [-0.2, -0.15) is 13.2 Å². The molecule has 0 N–H and O–H groups in total. The first-order valence-corrected chi connectivity index (χ1v) is 11.0. The van der Waals surface area contributed by atoms with Crippen LogP contribution < -0.4 is 4.90 Å². The van der Waals surface area contributed by atoms with Crippen molar-refractivity contribution < 1.29 is 27.4 Å². The number of anilines is 1. The average Bonchev–Trinajstić information content (AvgIpc) is 3.05. The van der Waals surface area contributed by atoms with Gasteiger partial charge in [0.2, 0.25) is 0 Å². The highest BCUT2D eigenvalue weighted by atomic mass is 35.5. The van der Waals surface area contributed by atoms with E-state index in [4.69, 9.17) is 16.3 Å². The van der Waals surface area contributed by atoms with Crippen LogP contribution in [0, 0.1) is 0 Å². The van der Waals surface area contributed by atoms with Crippen molar-refractivity contribution in [1.29, 1.82) is 0 Å². The van der Waals surface area contributed by atoms with Crippen LogP contribution in [0.3, 0.4) is 0 Å². The smallest absolute Gasteiger partial charge is 0.425 e. The molecule has 3 aliphatic heterocycles. The maximum absolute atomic E-state index is 12.6. The number of piperazine rings is 1. The van der Waals surface area contributed by atoms with Crippen molar-refractivity contribution in [2.24, 2.45) is 0 Å². The largest absolute Gasteiger partial charge is 0.437 e. The molecule has 0 aliphatic carbocycles. The Morgan fingerprint density at radius 1 is 1.19 bits per heavy atom. The van der Waals surface area contributed by atoms with Gasteiger partial charge in [-0.15, -0.1) is 0 Å². The lowest BCUT2D eigenvalue weighted by Gasteiger charge is -2.38. The van der Waals surface area contributed by atoms with Crippen LogP contribution in [-0.2, 0) is 16.0 Å². The number of hydrogen-bond acceptors (Lipinski definition) is 5. The highest BCUT2D eigenvalue weighted by Gasteiger charge is 2.40. The first kappa shape index (κ1) is 22.5. The van der Waals surface area contributed by atoms with Gasteiger partial charge in [0.15, 0.2) is 6.10 Å². The van der Waals surface area contributed by atoms with Gasteiger partial charge in [0.25, 0.3) is 0 Å². The average molecular weight is 462 g/mol. The van der Waals surface area contributed by atoms with Gasteiger partial charge in [-0.25, -0.2) is 4.79 Å². The molecule has 4 rings (SSSR count). The number of fused-ring (bicyclic) bond motifs is 2. The molecule has 3 aliphatic rings. The fraction of sp³-hybridized carbons (Fsp3) is 0.667. The fourth-order valence-corrected chi connectivity index (χ4v) is 4.77. The second kappa shape index (κ2) is 9.03. The Morgan fingerprint density at radius 3 is 2.45 bits per heavy atom. The number of ether oxygens (including phenoxy) is 2. The number of amides is 1. The SMILES string of the molecule is CC(OC(=O)N1CCN(Cc2cccc(Cl)c2N2CC3CCC(C2)O3)CC1)C(F)(F)F. The topological polar surface area (TPSA) is 45.2 Å². The molecule has 1 aromatic carbocycles. The molecule has 31 heavy (non-hydrogen) atoms. The van der Waals surface area contributed by atoms with Crippen LogP contribution in [0.2, 0.25) is 5.02 Å². The zero-order valence-electron chi connectivity index (χ0n) is 17.4. The predicted octanol–water partition coefficient (Wildman–Crippen LogP) is 3.91. The highest BCUT2D eigenvalue weighted by Crippen LogP contribution is 2.36. The van der Waals surface area contributed by atoms with Crippen LogP contribution in [0.15, 0.2) is 18.2 Å². The normalized spacial score (nSPS) is 25.6. The monoisotopic (exact) mass is 461 g/mol. The van der Waals surface area contributed by atoms with Crippen LogP contribution in [0.1, 0.15) is 25.3 Å². The van der Waals surface area contributed by atoms with E-state index in [1.807, 2.05) is 12.1 Å². The number of hydrogen-bond donors (Lipinski definition) is 0. The van der Waals surface area contributed by atoms with E-state index in [0.29, 0.717) is 37.7 Å². The Hall–Kier alpha value is -1.71. The third-order valence-electron chi connectivity index (χ3n) is 6.19. The van der Waals surface area contributed by atoms with E-state index in [1.54, 1.807) is 0 Å². The summed E-state index contributed by atoms with van der Waals surface area (Å²) in [5, 5.41) is 0.710. The number of carbonyl (C=O) groups is 1. The lowest BCUT2D eigenvalue weighted by Crippen LogP contribution is -2.50. The molecule has 1 aromatic rings. The van der Waals surface area contributed by atoms with Gasteiger partial charge in [0.05, 0.1) is 22.9 Å². The van der Waals surface area contributed by atoms with Crippen molar-refractivity contribution in [3.8, 4) is 0 Å². The number of para-hydroxylation sites is 1. The quantitative estimate of drug-likeness (QED) is 0.680. The van der Waals surface area contributed by atoms with Crippen LogP contribution in [0.4, 0.5) is 23.7 Å². The summed E-state index contributed by atoms with van der Waals surface area (Å²) in [7, 11) is 0. The van der Waals surface area contributed by atoms with E-state index in [-0.39, 0.29) is 12.2 Å². The minimum absolute atomic E-state index is 0.247. The van der Waals surface area contributed by atoms with Gasteiger partial charge in [-0.05, 0) is 31.4 Å². The van der Waals surface area contributed by atoms with E-state index >= 15 is 0 Å². The molecule has 172 valence electrons. The molecule has 10 heteroatoms. The summed E-state index contributed by atoms with van der Waals surface area (Å²) in [6.07, 6.45) is -4.95. The number of benzene rings is 1. The molecule has 0 spiro atoms. The number of carbonyl (C=O) groups excluding carboxylic acids is 1. The van der Waals surface area contributed by atoms with Crippen molar-refractivity contribution in [3.05, 3.63) is 28.8 Å². The molecule has 2 bridgehead atoms. The predicted molar refractivity (Wildman–Crippen MR) is 110 cm³/mol. The zero-order chi connectivity index (χ0) is 22.2. The van der Waals surface area contributed by atoms with Crippen LogP contribution in [0.5, 0.6) is 0 Å². The third-order valence-corrected chi connectivity index (χ3v) is 6.50. The zero-order valence-corrected chi connectivity index (χ0v) is 18.2. The molecule has 3 atom stereocenters. The maximum Gasteiger partial charge on any atom is 0.425 e. The molecular formula is C21H27ClF3N3O3. The van der Waals surface area contributed by atoms with E-state index < -0.39 is 18.4 Å². The molecule has 3 heterocycles. The van der Waals surface area contributed by atoms with Gasteiger partial charge in [-0.3, -0.25) is 4.90 Å². The Labute approximate surface area is 184 Å². The summed E-state index contributed by atoms with van der Waals surface area (Å²) >= 11 is 6.58. The summed E-state index contributed by atoms with van der Waals surface area (Å²) in [6.45, 7) is 4.89. The number of morpholine rings is 1. The Kier molecular flexibility index (Phi) is 6.55. The molecule has 0 saturated carbocycles. The Balaban J connectivity index is 1.36. The number of alkyl halides is 3. The van der Waals surface area contributed by atoms with Gasteiger partial charge in [0.1, 0.15) is 0 Å². The Morgan fingerprint density at radius 2 is 1.84 bits per heavy atom. The van der Waals surface area contributed by atoms with Crippen LogP contribution in [0.25, 0.3) is 0 Å². The molecule has 3 unspecified atom stereocenters. The molecule has 3 saturated heterocycles. The van der Waals surface area contributed by atoms with Crippen molar-refractivity contribution in [2.75, 3.05) is 44.2 Å². The summed E-state index contributed by atoms with van der Waals surface area (Å²) < 4.78 is 48.4. The minimum atomic E-state index is -4.56. The second-order valence-electron chi connectivity index (χ2n) is 8.44. The number of nitrogens with zero attached hydrogens (tertiary/aromatic N) is 3. The van der Waals surface area contributed by atoms with Gasteiger partial charge in [-0.1, -0.05) is 23.7 Å². The Bertz CT molecular complexity index is 790. The fourth-order valence-electron chi connectivity index (χ4n) is 4.46. The maximum atomic E-state index is 12.6. The molecule has 3 fully saturated rings. The molecular weight excluding hydrogens is 435 g/mol. The van der Waals surface area contributed by atoms with Gasteiger partial charge in [0, 0.05) is 45.8 Å². The molecule has 1 amide bonds. The molecule has 0 radical (unpaired) electrons. The lowest BCUT2D eigenvalue weighted by atomic mass is 10.1. The standard InChI is InChI=1S/C21H27ClF3N3O3/c1-14(21(23,24)25)30-20(29)27-9-7-26(8-10-27)11-15-3-2-4-18(22)19(15)28-12-16-5-6-17(13-28)31-16/h2-4,14,16-17H,5-13H2,1H3. The van der Waals surface area contributed by atoms with Crippen molar-refractivity contribution in [3.63, 3.8) is 0 Å². The molecule has 0 aromatic heterocycles. The number of halogens is 4. The highest BCUT2D eigenvalue weighted by molar-refractivity contribution is 6.33. The van der Waals surface area contributed by atoms with Crippen LogP contribution >= 0.6 is 11.6 Å². The van der Waals surface area contributed by atoms with Crippen LogP contribution in [-0.4, -0.2) is 79.6 Å².